The third-order valence-corrected chi connectivity index (χ3v) is 3.02. The lowest BCUT2D eigenvalue weighted by Crippen LogP contribution is -2.25. The molecule has 0 amide bonds. The molecule has 98 valence electrons. The SMILES string of the molecule is CC(Oc1cccc(Cl)c1)C(=O)Cc1ccccc1. The lowest BCUT2D eigenvalue weighted by Gasteiger charge is -2.13. The molecule has 0 aliphatic carbocycles. The first-order valence-corrected chi connectivity index (χ1v) is 6.52. The Morgan fingerprint density at radius 3 is 2.58 bits per heavy atom. The summed E-state index contributed by atoms with van der Waals surface area (Å²) in [5.41, 5.74) is 0.994. The first-order valence-electron chi connectivity index (χ1n) is 6.14. The van der Waals surface area contributed by atoms with Crippen molar-refractivity contribution in [3.63, 3.8) is 0 Å². The fraction of sp³-hybridized carbons (Fsp3) is 0.188. The third kappa shape index (κ3) is 4.11. The zero-order chi connectivity index (χ0) is 13.7. The molecule has 0 saturated carbocycles. The van der Waals surface area contributed by atoms with Crippen molar-refractivity contribution >= 4 is 17.4 Å². The van der Waals surface area contributed by atoms with E-state index in [0.717, 1.165) is 5.56 Å². The molecule has 0 aliphatic rings. The summed E-state index contributed by atoms with van der Waals surface area (Å²) in [6, 6.07) is 16.7. The monoisotopic (exact) mass is 274 g/mol. The van der Waals surface area contributed by atoms with Gasteiger partial charge in [-0.3, -0.25) is 4.79 Å². The number of carbonyl (C=O) groups is 1. The Morgan fingerprint density at radius 1 is 1.16 bits per heavy atom. The average molecular weight is 275 g/mol. The van der Waals surface area contributed by atoms with Crippen LogP contribution in [0.2, 0.25) is 5.02 Å². The van der Waals surface area contributed by atoms with Gasteiger partial charge in [0.15, 0.2) is 11.9 Å². The molecule has 2 rings (SSSR count). The van der Waals surface area contributed by atoms with E-state index in [9.17, 15) is 4.79 Å². The molecule has 0 aromatic heterocycles. The molecule has 0 fully saturated rings. The van der Waals surface area contributed by atoms with Gasteiger partial charge in [-0.1, -0.05) is 48.0 Å². The first kappa shape index (κ1) is 13.6. The molecule has 0 spiro atoms. The molecule has 3 heteroatoms. The number of carbonyl (C=O) groups excluding carboxylic acids is 1. The fourth-order valence-electron chi connectivity index (χ4n) is 1.75. The molecule has 0 aliphatic heterocycles. The highest BCUT2D eigenvalue weighted by atomic mass is 35.5. The van der Waals surface area contributed by atoms with E-state index in [-0.39, 0.29) is 5.78 Å². The molecule has 2 aromatic rings. The third-order valence-electron chi connectivity index (χ3n) is 2.78. The average Bonchev–Trinajstić information content (AvgIpc) is 2.40. The van der Waals surface area contributed by atoms with Crippen molar-refractivity contribution in [2.45, 2.75) is 19.4 Å². The number of rotatable bonds is 5. The summed E-state index contributed by atoms with van der Waals surface area (Å²) in [4.78, 5) is 12.0. The van der Waals surface area contributed by atoms with Gasteiger partial charge < -0.3 is 4.74 Å². The van der Waals surface area contributed by atoms with Crippen molar-refractivity contribution in [3.8, 4) is 5.75 Å². The van der Waals surface area contributed by atoms with E-state index in [4.69, 9.17) is 16.3 Å². The van der Waals surface area contributed by atoms with Crippen LogP contribution in [0.3, 0.4) is 0 Å². The van der Waals surface area contributed by atoms with Gasteiger partial charge in [0.25, 0.3) is 0 Å². The summed E-state index contributed by atoms with van der Waals surface area (Å²) in [6.45, 7) is 1.76. The van der Waals surface area contributed by atoms with Gasteiger partial charge in [-0.25, -0.2) is 0 Å². The summed E-state index contributed by atoms with van der Waals surface area (Å²) in [7, 11) is 0. The number of halogens is 1. The van der Waals surface area contributed by atoms with Crippen molar-refractivity contribution in [2.24, 2.45) is 0 Å². The van der Waals surface area contributed by atoms with Gasteiger partial charge in [0, 0.05) is 11.4 Å². The molecule has 0 bridgehead atoms. The Bertz CT molecular complexity index is 552. The maximum absolute atomic E-state index is 12.0. The summed E-state index contributed by atoms with van der Waals surface area (Å²) < 4.78 is 5.60. The van der Waals surface area contributed by atoms with Crippen LogP contribution >= 0.6 is 11.6 Å². The van der Waals surface area contributed by atoms with Crippen LogP contribution < -0.4 is 4.74 Å². The van der Waals surface area contributed by atoms with Crippen LogP contribution in [0.4, 0.5) is 0 Å². The lowest BCUT2D eigenvalue weighted by molar-refractivity contribution is -0.124. The molecule has 0 radical (unpaired) electrons. The van der Waals surface area contributed by atoms with Crippen LogP contribution in [0.1, 0.15) is 12.5 Å². The van der Waals surface area contributed by atoms with Crippen molar-refractivity contribution in [2.75, 3.05) is 0 Å². The zero-order valence-corrected chi connectivity index (χ0v) is 11.4. The molecule has 19 heavy (non-hydrogen) atoms. The second-order valence-corrected chi connectivity index (χ2v) is 4.78. The van der Waals surface area contributed by atoms with E-state index >= 15 is 0 Å². The van der Waals surface area contributed by atoms with E-state index in [1.54, 1.807) is 31.2 Å². The minimum Gasteiger partial charge on any atom is -0.483 e. The van der Waals surface area contributed by atoms with Crippen molar-refractivity contribution in [1.29, 1.82) is 0 Å². The van der Waals surface area contributed by atoms with Crippen LogP contribution in [0.15, 0.2) is 54.6 Å². The highest BCUT2D eigenvalue weighted by Gasteiger charge is 2.15. The molecular weight excluding hydrogens is 260 g/mol. The predicted octanol–water partition coefficient (Wildman–Crippen LogP) is 3.92. The van der Waals surface area contributed by atoms with Gasteiger partial charge in [-0.2, -0.15) is 0 Å². The van der Waals surface area contributed by atoms with E-state index in [1.165, 1.54) is 0 Å². The maximum Gasteiger partial charge on any atom is 0.177 e. The Morgan fingerprint density at radius 2 is 1.89 bits per heavy atom. The summed E-state index contributed by atoms with van der Waals surface area (Å²) in [6.07, 6.45) is -0.110. The second-order valence-electron chi connectivity index (χ2n) is 4.35. The quantitative estimate of drug-likeness (QED) is 0.826. The largest absolute Gasteiger partial charge is 0.483 e. The Kier molecular flexibility index (Phi) is 4.58. The van der Waals surface area contributed by atoms with Crippen LogP contribution in [0.5, 0.6) is 5.75 Å². The number of hydrogen-bond acceptors (Lipinski definition) is 2. The van der Waals surface area contributed by atoms with Gasteiger partial charge in [0.1, 0.15) is 5.75 Å². The lowest BCUT2D eigenvalue weighted by atomic mass is 10.1. The predicted molar refractivity (Wildman–Crippen MR) is 76.7 cm³/mol. The van der Waals surface area contributed by atoms with Crippen molar-refractivity contribution in [3.05, 3.63) is 65.2 Å². The zero-order valence-electron chi connectivity index (χ0n) is 10.7. The second kappa shape index (κ2) is 6.39. The minimum absolute atomic E-state index is 0.0474. The van der Waals surface area contributed by atoms with Gasteiger partial charge in [-0.05, 0) is 30.7 Å². The highest BCUT2D eigenvalue weighted by Crippen LogP contribution is 2.18. The van der Waals surface area contributed by atoms with Crippen molar-refractivity contribution in [1.82, 2.24) is 0 Å². The van der Waals surface area contributed by atoms with Crippen LogP contribution in [0.25, 0.3) is 0 Å². The Labute approximate surface area is 118 Å². The molecular formula is C16H15ClO2. The van der Waals surface area contributed by atoms with E-state index in [2.05, 4.69) is 0 Å². The van der Waals surface area contributed by atoms with E-state index in [0.29, 0.717) is 17.2 Å². The smallest absolute Gasteiger partial charge is 0.177 e. The summed E-state index contributed by atoms with van der Waals surface area (Å²) >= 11 is 5.87. The number of ether oxygens (including phenoxy) is 1. The standard InChI is InChI=1S/C16H15ClO2/c1-12(19-15-9-5-8-14(17)11-15)16(18)10-13-6-3-2-4-7-13/h2-9,11-12H,10H2,1H3. The highest BCUT2D eigenvalue weighted by molar-refractivity contribution is 6.30. The molecule has 1 atom stereocenters. The number of benzene rings is 2. The molecule has 0 N–H and O–H groups in total. The Balaban J connectivity index is 1.96. The molecule has 1 unspecified atom stereocenters. The summed E-state index contributed by atoms with van der Waals surface area (Å²) in [5.74, 6) is 0.660. The number of Topliss-reactive ketones (excluding diaryl/α,β-unsaturated/α-hetero) is 1. The molecule has 2 aromatic carbocycles. The van der Waals surface area contributed by atoms with Gasteiger partial charge in [-0.15, -0.1) is 0 Å². The van der Waals surface area contributed by atoms with E-state index in [1.807, 2.05) is 30.3 Å². The van der Waals surface area contributed by atoms with E-state index < -0.39 is 6.10 Å². The topological polar surface area (TPSA) is 26.3 Å². The normalized spacial score (nSPS) is 11.9. The number of hydrogen-bond donors (Lipinski definition) is 0. The summed E-state index contributed by atoms with van der Waals surface area (Å²) in [5, 5.41) is 0.597. The Hall–Kier alpha value is -1.80. The van der Waals surface area contributed by atoms with Crippen molar-refractivity contribution < 1.29 is 9.53 Å². The van der Waals surface area contributed by atoms with Gasteiger partial charge in [0.05, 0.1) is 0 Å². The minimum atomic E-state index is -0.487. The van der Waals surface area contributed by atoms with Crippen LogP contribution in [0, 0.1) is 0 Å². The van der Waals surface area contributed by atoms with Gasteiger partial charge >= 0.3 is 0 Å². The number of ketones is 1. The van der Waals surface area contributed by atoms with Crippen LogP contribution in [-0.4, -0.2) is 11.9 Å². The molecule has 2 nitrogen and oxygen atoms in total. The van der Waals surface area contributed by atoms with Gasteiger partial charge in [0.2, 0.25) is 0 Å². The van der Waals surface area contributed by atoms with Crippen LogP contribution in [-0.2, 0) is 11.2 Å². The molecule has 0 heterocycles. The fourth-order valence-corrected chi connectivity index (χ4v) is 1.93. The maximum atomic E-state index is 12.0. The first-order chi connectivity index (χ1) is 9.15. The molecule has 0 saturated heterocycles.